The Labute approximate surface area is 110 Å². The molecule has 1 aromatic rings. The highest BCUT2D eigenvalue weighted by molar-refractivity contribution is 7.89. The highest BCUT2D eigenvalue weighted by Crippen LogP contribution is 2.17. The summed E-state index contributed by atoms with van der Waals surface area (Å²) in [4.78, 5) is 0.331. The van der Waals surface area contributed by atoms with Crippen LogP contribution in [-0.4, -0.2) is 14.5 Å². The van der Waals surface area contributed by atoms with Gasteiger partial charge in [-0.05, 0) is 37.5 Å². The van der Waals surface area contributed by atoms with Crippen molar-refractivity contribution >= 4 is 10.0 Å². The van der Waals surface area contributed by atoms with Gasteiger partial charge in [-0.2, -0.15) is 0 Å². The van der Waals surface area contributed by atoms with Crippen molar-refractivity contribution in [1.29, 1.82) is 0 Å². The normalized spacial score (nSPS) is 13.0. The van der Waals surface area contributed by atoms with Crippen molar-refractivity contribution in [1.82, 2.24) is 4.72 Å². The first-order chi connectivity index (χ1) is 8.40. The van der Waals surface area contributed by atoms with Crippen LogP contribution in [0.15, 0.2) is 23.1 Å². The summed E-state index contributed by atoms with van der Waals surface area (Å²) < 4.78 is 27.2. The molecular weight excluding hydrogens is 246 g/mol. The van der Waals surface area contributed by atoms with Gasteiger partial charge in [0, 0.05) is 12.5 Å². The van der Waals surface area contributed by atoms with Crippen LogP contribution in [0.5, 0.6) is 0 Å². The Hall–Kier alpha value is -1.31. The van der Waals surface area contributed by atoms with Crippen LogP contribution in [0, 0.1) is 26.2 Å². The monoisotopic (exact) mass is 265 g/mol. The average molecular weight is 265 g/mol. The first kappa shape index (κ1) is 14.7. The average Bonchev–Trinajstić information content (AvgIpc) is 2.31. The van der Waals surface area contributed by atoms with Crippen molar-refractivity contribution in [2.24, 2.45) is 0 Å². The van der Waals surface area contributed by atoms with Gasteiger partial charge in [0.2, 0.25) is 10.0 Å². The highest BCUT2D eigenvalue weighted by atomic mass is 32.2. The maximum Gasteiger partial charge on any atom is 0.241 e. The molecule has 0 saturated carbocycles. The van der Waals surface area contributed by atoms with Crippen LogP contribution in [0.2, 0.25) is 0 Å². The summed E-state index contributed by atoms with van der Waals surface area (Å²) in [7, 11) is -3.49. The van der Waals surface area contributed by atoms with Crippen LogP contribution in [0.3, 0.4) is 0 Å². The van der Waals surface area contributed by atoms with Gasteiger partial charge in [0.15, 0.2) is 0 Å². The van der Waals surface area contributed by atoms with E-state index in [0.717, 1.165) is 11.1 Å². The standard InChI is InChI=1S/C14H19NO2S/c1-5-7-13(6-2)15-18(16,17)14-10-11(3)8-9-12(14)4/h1,8-10,13,15H,6-7H2,2-4H3. The van der Waals surface area contributed by atoms with Crippen molar-refractivity contribution in [3.63, 3.8) is 0 Å². The Morgan fingerprint density at radius 3 is 2.61 bits per heavy atom. The minimum atomic E-state index is -3.49. The summed E-state index contributed by atoms with van der Waals surface area (Å²) >= 11 is 0. The molecule has 1 atom stereocenters. The van der Waals surface area contributed by atoms with E-state index in [2.05, 4.69) is 10.6 Å². The van der Waals surface area contributed by atoms with Gasteiger partial charge in [0.1, 0.15) is 0 Å². The number of benzene rings is 1. The van der Waals surface area contributed by atoms with E-state index in [1.807, 2.05) is 26.0 Å². The first-order valence-corrected chi connectivity index (χ1v) is 7.42. The zero-order valence-corrected chi connectivity index (χ0v) is 11.8. The largest absolute Gasteiger partial charge is 0.241 e. The molecule has 0 amide bonds. The minimum absolute atomic E-state index is 0.208. The minimum Gasteiger partial charge on any atom is -0.207 e. The Morgan fingerprint density at radius 1 is 1.39 bits per heavy atom. The van der Waals surface area contributed by atoms with Crippen LogP contribution in [0.1, 0.15) is 30.9 Å². The lowest BCUT2D eigenvalue weighted by atomic mass is 10.2. The zero-order chi connectivity index (χ0) is 13.8. The van der Waals surface area contributed by atoms with Crippen molar-refractivity contribution in [3.8, 4) is 12.3 Å². The summed E-state index contributed by atoms with van der Waals surface area (Å²) in [6.45, 7) is 5.57. The number of aryl methyl sites for hydroxylation is 2. The van der Waals surface area contributed by atoms with Gasteiger partial charge in [-0.1, -0.05) is 19.1 Å². The van der Waals surface area contributed by atoms with Crippen LogP contribution in [-0.2, 0) is 10.0 Å². The van der Waals surface area contributed by atoms with Gasteiger partial charge < -0.3 is 0 Å². The summed E-state index contributed by atoms with van der Waals surface area (Å²) in [5.41, 5.74) is 1.66. The smallest absolute Gasteiger partial charge is 0.207 e. The van der Waals surface area contributed by atoms with E-state index in [1.165, 1.54) is 0 Å². The van der Waals surface area contributed by atoms with Crippen molar-refractivity contribution in [2.75, 3.05) is 0 Å². The molecule has 3 nitrogen and oxygen atoms in total. The van der Waals surface area contributed by atoms with Crippen molar-refractivity contribution in [2.45, 2.75) is 44.6 Å². The lowest BCUT2D eigenvalue weighted by molar-refractivity contribution is 0.543. The number of hydrogen-bond acceptors (Lipinski definition) is 2. The lowest BCUT2D eigenvalue weighted by Gasteiger charge is -2.16. The fourth-order valence-corrected chi connectivity index (χ4v) is 3.34. The molecule has 0 heterocycles. The van der Waals surface area contributed by atoms with Gasteiger partial charge in [-0.15, -0.1) is 12.3 Å². The third kappa shape index (κ3) is 3.59. The predicted octanol–water partition coefficient (Wildman–Crippen LogP) is 2.38. The fourth-order valence-electron chi connectivity index (χ4n) is 1.69. The lowest BCUT2D eigenvalue weighted by Crippen LogP contribution is -2.34. The second kappa shape index (κ2) is 6.03. The van der Waals surface area contributed by atoms with E-state index >= 15 is 0 Å². The van der Waals surface area contributed by atoms with E-state index in [4.69, 9.17) is 6.42 Å². The Bertz CT molecular complexity index is 556. The molecule has 0 bridgehead atoms. The van der Waals surface area contributed by atoms with Gasteiger partial charge in [0.05, 0.1) is 4.90 Å². The molecule has 0 aromatic heterocycles. The van der Waals surface area contributed by atoms with E-state index in [-0.39, 0.29) is 6.04 Å². The number of terminal acetylenes is 1. The molecular formula is C14H19NO2S. The number of sulfonamides is 1. The molecule has 1 N–H and O–H groups in total. The highest BCUT2D eigenvalue weighted by Gasteiger charge is 2.20. The molecule has 0 spiro atoms. The molecule has 98 valence electrons. The number of nitrogens with one attached hydrogen (secondary N) is 1. The van der Waals surface area contributed by atoms with Gasteiger partial charge in [-0.3, -0.25) is 0 Å². The topological polar surface area (TPSA) is 46.2 Å². The summed E-state index contributed by atoms with van der Waals surface area (Å²) in [6, 6.07) is 5.18. The van der Waals surface area contributed by atoms with Gasteiger partial charge in [0.25, 0.3) is 0 Å². The quantitative estimate of drug-likeness (QED) is 0.831. The predicted molar refractivity (Wildman–Crippen MR) is 73.8 cm³/mol. The number of hydrogen-bond donors (Lipinski definition) is 1. The van der Waals surface area contributed by atoms with Crippen molar-refractivity contribution in [3.05, 3.63) is 29.3 Å². The molecule has 1 aromatic carbocycles. The third-order valence-electron chi connectivity index (χ3n) is 2.81. The third-order valence-corrected chi connectivity index (χ3v) is 4.47. The molecule has 1 rings (SSSR count). The first-order valence-electron chi connectivity index (χ1n) is 5.93. The molecule has 1 unspecified atom stereocenters. The van der Waals surface area contributed by atoms with E-state index < -0.39 is 10.0 Å². The van der Waals surface area contributed by atoms with Crippen LogP contribution in [0.4, 0.5) is 0 Å². The van der Waals surface area contributed by atoms with E-state index in [1.54, 1.807) is 13.0 Å². The molecule has 0 aliphatic rings. The van der Waals surface area contributed by atoms with Crippen LogP contribution in [0.25, 0.3) is 0 Å². The molecule has 0 radical (unpaired) electrons. The molecule has 4 heteroatoms. The maximum atomic E-state index is 12.3. The Morgan fingerprint density at radius 2 is 2.06 bits per heavy atom. The summed E-state index contributed by atoms with van der Waals surface area (Å²) in [5, 5.41) is 0. The molecule has 0 saturated heterocycles. The van der Waals surface area contributed by atoms with Gasteiger partial charge >= 0.3 is 0 Å². The summed E-state index contributed by atoms with van der Waals surface area (Å²) in [6.07, 6.45) is 6.31. The van der Waals surface area contributed by atoms with Crippen LogP contribution >= 0.6 is 0 Å². The second-order valence-corrected chi connectivity index (χ2v) is 6.09. The Balaban J connectivity index is 3.06. The second-order valence-electron chi connectivity index (χ2n) is 4.40. The molecule has 0 fully saturated rings. The van der Waals surface area contributed by atoms with E-state index in [0.29, 0.717) is 17.7 Å². The Kier molecular flexibility index (Phi) is 4.94. The SMILES string of the molecule is C#CCC(CC)NS(=O)(=O)c1cc(C)ccc1C. The maximum absolute atomic E-state index is 12.3. The van der Waals surface area contributed by atoms with Crippen molar-refractivity contribution < 1.29 is 8.42 Å². The summed E-state index contributed by atoms with van der Waals surface area (Å²) in [5.74, 6) is 2.49. The molecule has 0 aliphatic heterocycles. The number of rotatable bonds is 5. The molecule has 0 aliphatic carbocycles. The fraction of sp³-hybridized carbons (Fsp3) is 0.429. The molecule has 18 heavy (non-hydrogen) atoms. The zero-order valence-electron chi connectivity index (χ0n) is 11.0. The van der Waals surface area contributed by atoms with Crippen LogP contribution < -0.4 is 4.72 Å². The van der Waals surface area contributed by atoms with E-state index in [9.17, 15) is 8.42 Å². The van der Waals surface area contributed by atoms with Gasteiger partial charge in [-0.25, -0.2) is 13.1 Å².